The van der Waals surface area contributed by atoms with E-state index in [9.17, 15) is 5.11 Å². The molecule has 0 radical (unpaired) electrons. The average molecular weight is 250 g/mol. The highest BCUT2D eigenvalue weighted by atomic mass is 16.3. The van der Waals surface area contributed by atoms with E-state index in [1.165, 1.54) is 6.42 Å². The molecule has 1 aromatic heterocycles. The molecule has 1 aliphatic carbocycles. The molecule has 100 valence electrons. The molecule has 2 heterocycles. The zero-order valence-electron chi connectivity index (χ0n) is 11.2. The van der Waals surface area contributed by atoms with Crippen molar-refractivity contribution in [3.8, 4) is 0 Å². The van der Waals surface area contributed by atoms with Crippen LogP contribution >= 0.6 is 0 Å². The van der Waals surface area contributed by atoms with Crippen molar-refractivity contribution in [2.24, 2.45) is 11.8 Å². The van der Waals surface area contributed by atoms with Crippen molar-refractivity contribution in [3.63, 3.8) is 0 Å². The number of aromatic nitrogens is 3. The van der Waals surface area contributed by atoms with Gasteiger partial charge in [-0.1, -0.05) is 13.8 Å². The summed E-state index contributed by atoms with van der Waals surface area (Å²) in [7, 11) is 0. The van der Waals surface area contributed by atoms with Crippen molar-refractivity contribution < 1.29 is 5.11 Å². The molecule has 1 fully saturated rings. The second-order valence-electron chi connectivity index (χ2n) is 6.02. The van der Waals surface area contributed by atoms with Gasteiger partial charge in [0.15, 0.2) is 0 Å². The lowest BCUT2D eigenvalue weighted by Gasteiger charge is -2.44. The van der Waals surface area contributed by atoms with Crippen LogP contribution in [0.15, 0.2) is 6.33 Å². The molecule has 0 spiro atoms. The van der Waals surface area contributed by atoms with E-state index in [2.05, 4.69) is 33.5 Å². The molecule has 5 heteroatoms. The summed E-state index contributed by atoms with van der Waals surface area (Å²) in [5.74, 6) is 2.22. The molecule has 0 aromatic carbocycles. The van der Waals surface area contributed by atoms with Crippen LogP contribution in [0.5, 0.6) is 0 Å². The van der Waals surface area contributed by atoms with Gasteiger partial charge in [0, 0.05) is 19.1 Å². The molecule has 0 bridgehead atoms. The van der Waals surface area contributed by atoms with Gasteiger partial charge in [0.05, 0.1) is 12.6 Å². The fraction of sp³-hybridized carbons (Fsp3) is 0.846. The van der Waals surface area contributed by atoms with Gasteiger partial charge in [-0.3, -0.25) is 4.90 Å². The van der Waals surface area contributed by atoms with E-state index in [1.807, 2.05) is 0 Å². The second-order valence-corrected chi connectivity index (χ2v) is 6.02. The van der Waals surface area contributed by atoms with Crippen molar-refractivity contribution in [2.75, 3.05) is 6.54 Å². The Labute approximate surface area is 108 Å². The van der Waals surface area contributed by atoms with E-state index in [4.69, 9.17) is 0 Å². The fourth-order valence-electron chi connectivity index (χ4n) is 3.74. The molecule has 0 saturated heterocycles. The van der Waals surface area contributed by atoms with Crippen LogP contribution in [0, 0.1) is 11.8 Å². The lowest BCUT2D eigenvalue weighted by molar-refractivity contribution is -0.0351. The van der Waals surface area contributed by atoms with E-state index in [-0.39, 0.29) is 12.1 Å². The molecule has 1 aromatic rings. The molecular weight excluding hydrogens is 228 g/mol. The first-order chi connectivity index (χ1) is 8.65. The normalized spacial score (nSPS) is 37.5. The molecule has 4 atom stereocenters. The Kier molecular flexibility index (Phi) is 3.11. The largest absolute Gasteiger partial charge is 0.391 e. The van der Waals surface area contributed by atoms with E-state index >= 15 is 0 Å². The van der Waals surface area contributed by atoms with Crippen LogP contribution in [0.4, 0.5) is 0 Å². The molecule has 2 aliphatic rings. The predicted octanol–water partition coefficient (Wildman–Crippen LogP) is 0.889. The minimum absolute atomic E-state index is 0.196. The zero-order chi connectivity index (χ0) is 12.7. The lowest BCUT2D eigenvalue weighted by atomic mass is 9.77. The molecule has 4 unspecified atom stereocenters. The van der Waals surface area contributed by atoms with Crippen LogP contribution in [0.3, 0.4) is 0 Å². The molecule has 18 heavy (non-hydrogen) atoms. The van der Waals surface area contributed by atoms with Gasteiger partial charge < -0.3 is 9.67 Å². The standard InChI is InChI=1S/C13H22N4O/c1-9-5-10(2)13(11(18)6-9)16-3-4-17-8-14-15-12(17)7-16/h8-11,13,18H,3-7H2,1-2H3. The summed E-state index contributed by atoms with van der Waals surface area (Å²) in [6.45, 7) is 7.26. The van der Waals surface area contributed by atoms with Gasteiger partial charge >= 0.3 is 0 Å². The van der Waals surface area contributed by atoms with Crippen LogP contribution in [0.2, 0.25) is 0 Å². The summed E-state index contributed by atoms with van der Waals surface area (Å²) in [6, 6.07) is 0.284. The second kappa shape index (κ2) is 4.63. The van der Waals surface area contributed by atoms with Crippen molar-refractivity contribution in [1.82, 2.24) is 19.7 Å². The van der Waals surface area contributed by atoms with E-state index in [1.54, 1.807) is 6.33 Å². The highest BCUT2D eigenvalue weighted by molar-refractivity contribution is 4.96. The number of hydrogen-bond donors (Lipinski definition) is 1. The Morgan fingerprint density at radius 2 is 2.11 bits per heavy atom. The summed E-state index contributed by atoms with van der Waals surface area (Å²) in [5, 5.41) is 18.5. The zero-order valence-corrected chi connectivity index (χ0v) is 11.2. The van der Waals surface area contributed by atoms with E-state index in [0.29, 0.717) is 11.8 Å². The first kappa shape index (κ1) is 12.1. The number of aliphatic hydroxyl groups is 1. The van der Waals surface area contributed by atoms with Crippen molar-refractivity contribution in [3.05, 3.63) is 12.2 Å². The number of rotatable bonds is 1. The Hall–Kier alpha value is -0.940. The SMILES string of the molecule is CC1CC(C)C(N2CCn3cnnc3C2)C(O)C1. The average Bonchev–Trinajstić information content (AvgIpc) is 2.74. The molecular formula is C13H22N4O. The van der Waals surface area contributed by atoms with Crippen molar-refractivity contribution in [2.45, 2.75) is 51.9 Å². The highest BCUT2D eigenvalue weighted by Gasteiger charge is 2.38. The number of fused-ring (bicyclic) bond motifs is 1. The maximum Gasteiger partial charge on any atom is 0.147 e. The lowest BCUT2D eigenvalue weighted by Crippen LogP contribution is -2.53. The maximum atomic E-state index is 10.4. The van der Waals surface area contributed by atoms with Gasteiger partial charge in [-0.15, -0.1) is 10.2 Å². The Morgan fingerprint density at radius 1 is 1.28 bits per heavy atom. The minimum Gasteiger partial charge on any atom is -0.391 e. The van der Waals surface area contributed by atoms with Crippen LogP contribution < -0.4 is 0 Å². The first-order valence-corrected chi connectivity index (χ1v) is 6.94. The van der Waals surface area contributed by atoms with Crippen LogP contribution in [0.25, 0.3) is 0 Å². The first-order valence-electron chi connectivity index (χ1n) is 6.94. The predicted molar refractivity (Wildman–Crippen MR) is 67.8 cm³/mol. The quantitative estimate of drug-likeness (QED) is 0.804. The van der Waals surface area contributed by atoms with E-state index in [0.717, 1.165) is 31.9 Å². The minimum atomic E-state index is -0.196. The summed E-state index contributed by atoms with van der Waals surface area (Å²) in [6.07, 6.45) is 3.75. The smallest absolute Gasteiger partial charge is 0.147 e. The number of hydrogen-bond acceptors (Lipinski definition) is 4. The van der Waals surface area contributed by atoms with Gasteiger partial charge in [0.1, 0.15) is 12.2 Å². The highest BCUT2D eigenvalue weighted by Crippen LogP contribution is 2.33. The third-order valence-corrected chi connectivity index (χ3v) is 4.49. The molecule has 0 amide bonds. The van der Waals surface area contributed by atoms with Gasteiger partial charge in [-0.25, -0.2) is 0 Å². The monoisotopic (exact) mass is 250 g/mol. The molecule has 1 aliphatic heterocycles. The van der Waals surface area contributed by atoms with Crippen LogP contribution in [-0.2, 0) is 13.1 Å². The summed E-state index contributed by atoms with van der Waals surface area (Å²) in [5.41, 5.74) is 0. The maximum absolute atomic E-state index is 10.4. The molecule has 1 saturated carbocycles. The Balaban J connectivity index is 1.75. The van der Waals surface area contributed by atoms with Crippen LogP contribution in [-0.4, -0.2) is 43.5 Å². The van der Waals surface area contributed by atoms with Gasteiger partial charge in [-0.05, 0) is 24.7 Å². The molecule has 5 nitrogen and oxygen atoms in total. The topological polar surface area (TPSA) is 54.2 Å². The molecule has 1 N–H and O–H groups in total. The van der Waals surface area contributed by atoms with Gasteiger partial charge in [-0.2, -0.15) is 0 Å². The third-order valence-electron chi connectivity index (χ3n) is 4.49. The summed E-state index contributed by atoms with van der Waals surface area (Å²) in [4.78, 5) is 2.39. The third kappa shape index (κ3) is 2.06. The van der Waals surface area contributed by atoms with Crippen molar-refractivity contribution in [1.29, 1.82) is 0 Å². The van der Waals surface area contributed by atoms with Gasteiger partial charge in [0.2, 0.25) is 0 Å². The summed E-state index contributed by atoms with van der Waals surface area (Å²) < 4.78 is 2.11. The van der Waals surface area contributed by atoms with Crippen LogP contribution in [0.1, 0.15) is 32.5 Å². The Bertz CT molecular complexity index is 407. The fourth-order valence-corrected chi connectivity index (χ4v) is 3.74. The van der Waals surface area contributed by atoms with Crippen molar-refractivity contribution >= 4 is 0 Å². The van der Waals surface area contributed by atoms with E-state index < -0.39 is 0 Å². The summed E-state index contributed by atoms with van der Waals surface area (Å²) >= 11 is 0. The van der Waals surface area contributed by atoms with Gasteiger partial charge in [0.25, 0.3) is 0 Å². The Morgan fingerprint density at radius 3 is 2.89 bits per heavy atom. The molecule has 3 rings (SSSR count). The number of nitrogens with zero attached hydrogens (tertiary/aromatic N) is 4. The number of aliphatic hydroxyl groups excluding tert-OH is 1.